The quantitative estimate of drug-likeness (QED) is 0.715. The second-order valence-corrected chi connectivity index (χ2v) is 8.60. The lowest BCUT2D eigenvalue weighted by atomic mass is 10.2. The minimum absolute atomic E-state index is 0.0206. The minimum atomic E-state index is -3.29. The van der Waals surface area contributed by atoms with E-state index in [0.717, 1.165) is 11.3 Å². The van der Waals surface area contributed by atoms with Gasteiger partial charge >= 0.3 is 0 Å². The molecule has 0 saturated carbocycles. The van der Waals surface area contributed by atoms with Gasteiger partial charge in [-0.2, -0.15) is 0 Å². The monoisotopic (exact) mass is 390 g/mol. The van der Waals surface area contributed by atoms with Crippen LogP contribution in [0.2, 0.25) is 0 Å². The Balaban J connectivity index is 1.58. The van der Waals surface area contributed by atoms with Gasteiger partial charge in [-0.15, -0.1) is 0 Å². The normalized spacial score (nSPS) is 17.2. The van der Waals surface area contributed by atoms with Crippen molar-refractivity contribution in [2.45, 2.75) is 24.1 Å². The highest BCUT2D eigenvalue weighted by Crippen LogP contribution is 2.27. The lowest BCUT2D eigenvalue weighted by Gasteiger charge is -2.26. The fraction of sp³-hybridized carbons (Fsp3) is 0.333. The Kier molecular flexibility index (Phi) is 4.67. The van der Waals surface area contributed by atoms with E-state index in [4.69, 9.17) is 4.74 Å². The molecule has 3 aromatic rings. The molecule has 7 nitrogen and oxygen atoms in total. The molecule has 1 atom stereocenters. The summed E-state index contributed by atoms with van der Waals surface area (Å²) in [4.78, 5) is 8.53. The smallest absolute Gasteiger partial charge is 0.175 e. The number of aromatic nitrogens is 3. The number of ether oxygens (including phenoxy) is 1. The highest BCUT2D eigenvalue weighted by molar-refractivity contribution is 7.90. The van der Waals surface area contributed by atoms with Crippen LogP contribution in [0, 0.1) is 5.82 Å². The van der Waals surface area contributed by atoms with Gasteiger partial charge in [0.15, 0.2) is 9.84 Å². The number of hydrogen-bond acceptors (Lipinski definition) is 6. The average Bonchev–Trinajstić information content (AvgIpc) is 3.01. The van der Waals surface area contributed by atoms with E-state index < -0.39 is 9.84 Å². The van der Waals surface area contributed by atoms with Gasteiger partial charge in [0.1, 0.15) is 18.2 Å². The Bertz CT molecular complexity index is 1100. The second-order valence-electron chi connectivity index (χ2n) is 6.59. The van der Waals surface area contributed by atoms with E-state index in [-0.39, 0.29) is 16.8 Å². The fourth-order valence-electron chi connectivity index (χ4n) is 3.30. The van der Waals surface area contributed by atoms with Crippen LogP contribution in [-0.2, 0) is 27.7 Å². The van der Waals surface area contributed by atoms with Crippen molar-refractivity contribution in [3.63, 3.8) is 0 Å². The van der Waals surface area contributed by atoms with Gasteiger partial charge in [-0.25, -0.2) is 17.8 Å². The largest absolute Gasteiger partial charge is 0.371 e. The molecule has 2 aromatic heterocycles. The van der Waals surface area contributed by atoms with Gasteiger partial charge in [0.2, 0.25) is 0 Å². The van der Waals surface area contributed by atoms with E-state index >= 15 is 0 Å². The maximum atomic E-state index is 13.7. The Morgan fingerprint density at radius 2 is 2.22 bits per heavy atom. The number of nitrogens with zero attached hydrogens (tertiary/aromatic N) is 3. The first-order chi connectivity index (χ1) is 12.9. The van der Waals surface area contributed by atoms with Gasteiger partial charge in [0.05, 0.1) is 34.8 Å². The van der Waals surface area contributed by atoms with Crippen LogP contribution in [0.5, 0.6) is 0 Å². The molecule has 0 saturated heterocycles. The fourth-order valence-corrected chi connectivity index (χ4v) is 3.94. The Hall–Kier alpha value is -2.36. The van der Waals surface area contributed by atoms with Gasteiger partial charge in [0, 0.05) is 31.1 Å². The Morgan fingerprint density at radius 3 is 3.00 bits per heavy atom. The van der Waals surface area contributed by atoms with Gasteiger partial charge in [0.25, 0.3) is 0 Å². The van der Waals surface area contributed by atoms with Crippen LogP contribution in [0.3, 0.4) is 0 Å². The van der Waals surface area contributed by atoms with Crippen LogP contribution in [-0.4, -0.2) is 42.4 Å². The summed E-state index contributed by atoms with van der Waals surface area (Å²) in [7, 11) is -3.29. The first-order valence-electron chi connectivity index (χ1n) is 8.51. The number of sulfone groups is 1. The third-order valence-electron chi connectivity index (χ3n) is 4.62. The van der Waals surface area contributed by atoms with Crippen molar-refractivity contribution >= 4 is 20.9 Å². The highest BCUT2D eigenvalue weighted by atomic mass is 32.2. The summed E-state index contributed by atoms with van der Waals surface area (Å²) in [5.41, 5.74) is 2.04. The van der Waals surface area contributed by atoms with Crippen LogP contribution in [0.1, 0.15) is 17.4 Å². The SMILES string of the molecule is CS(=O)(=O)c1ccc2c(c1)nc1n2[C@@H](CNCc2ccncc2F)COC1. The first kappa shape index (κ1) is 18.0. The number of nitrogens with one attached hydrogen (secondary N) is 1. The lowest BCUT2D eigenvalue weighted by molar-refractivity contribution is 0.0564. The molecular formula is C18H19FN4O3S. The van der Waals surface area contributed by atoms with Crippen molar-refractivity contribution in [2.75, 3.05) is 19.4 Å². The van der Waals surface area contributed by atoms with Crippen molar-refractivity contribution in [3.8, 4) is 0 Å². The molecule has 142 valence electrons. The third kappa shape index (κ3) is 3.58. The van der Waals surface area contributed by atoms with Crippen LogP contribution in [0.25, 0.3) is 11.0 Å². The predicted molar refractivity (Wildman–Crippen MR) is 97.4 cm³/mol. The molecule has 27 heavy (non-hydrogen) atoms. The van der Waals surface area contributed by atoms with E-state index in [1.54, 1.807) is 30.5 Å². The van der Waals surface area contributed by atoms with E-state index in [1.807, 2.05) is 0 Å². The maximum absolute atomic E-state index is 13.7. The summed E-state index contributed by atoms with van der Waals surface area (Å²) in [6.45, 7) is 1.82. The van der Waals surface area contributed by atoms with Crippen LogP contribution < -0.4 is 5.32 Å². The van der Waals surface area contributed by atoms with E-state index in [1.165, 1.54) is 12.5 Å². The molecule has 0 bridgehead atoms. The highest BCUT2D eigenvalue weighted by Gasteiger charge is 2.24. The molecule has 0 spiro atoms. The molecule has 0 aliphatic carbocycles. The number of imidazole rings is 1. The van der Waals surface area contributed by atoms with Crippen LogP contribution >= 0.6 is 0 Å². The number of rotatable bonds is 5. The molecule has 9 heteroatoms. The average molecular weight is 390 g/mol. The van der Waals surface area contributed by atoms with E-state index in [0.29, 0.717) is 37.4 Å². The van der Waals surface area contributed by atoms with Crippen molar-refractivity contribution in [3.05, 3.63) is 53.9 Å². The molecular weight excluding hydrogens is 371 g/mol. The summed E-state index contributed by atoms with van der Waals surface area (Å²) in [6, 6.07) is 6.59. The zero-order valence-electron chi connectivity index (χ0n) is 14.7. The summed E-state index contributed by atoms with van der Waals surface area (Å²) >= 11 is 0. The van der Waals surface area contributed by atoms with Crippen molar-refractivity contribution < 1.29 is 17.5 Å². The number of pyridine rings is 1. The zero-order valence-corrected chi connectivity index (χ0v) is 15.5. The van der Waals surface area contributed by atoms with E-state index in [9.17, 15) is 12.8 Å². The topological polar surface area (TPSA) is 86.1 Å². The molecule has 1 aromatic carbocycles. The maximum Gasteiger partial charge on any atom is 0.175 e. The van der Waals surface area contributed by atoms with Gasteiger partial charge in [-0.1, -0.05) is 0 Å². The molecule has 1 N–H and O–H groups in total. The number of hydrogen-bond donors (Lipinski definition) is 1. The molecule has 3 heterocycles. The molecule has 4 rings (SSSR count). The molecule has 1 aliphatic heterocycles. The second kappa shape index (κ2) is 6.99. The number of halogens is 1. The summed E-state index contributed by atoms with van der Waals surface area (Å²) in [6.07, 6.45) is 3.93. The van der Waals surface area contributed by atoms with Crippen LogP contribution in [0.4, 0.5) is 4.39 Å². The molecule has 1 aliphatic rings. The molecule has 0 radical (unpaired) electrons. The lowest BCUT2D eigenvalue weighted by Crippen LogP contribution is -2.32. The number of fused-ring (bicyclic) bond motifs is 3. The van der Waals surface area contributed by atoms with Crippen LogP contribution in [0.15, 0.2) is 41.6 Å². The predicted octanol–water partition coefficient (Wildman–Crippen LogP) is 1.84. The van der Waals surface area contributed by atoms with Crippen molar-refractivity contribution in [1.29, 1.82) is 0 Å². The van der Waals surface area contributed by atoms with Crippen molar-refractivity contribution in [1.82, 2.24) is 19.9 Å². The Labute approximate surface area is 156 Å². The molecule has 0 unspecified atom stereocenters. The van der Waals surface area contributed by atoms with Gasteiger partial charge < -0.3 is 14.6 Å². The molecule has 0 fully saturated rings. The molecule has 0 amide bonds. The first-order valence-corrected chi connectivity index (χ1v) is 10.4. The summed E-state index contributed by atoms with van der Waals surface area (Å²) in [5.74, 6) is 0.413. The third-order valence-corrected chi connectivity index (χ3v) is 5.73. The summed E-state index contributed by atoms with van der Waals surface area (Å²) < 4.78 is 45.0. The van der Waals surface area contributed by atoms with Crippen molar-refractivity contribution in [2.24, 2.45) is 0 Å². The number of benzene rings is 1. The standard InChI is InChI=1S/C18H19FN4O3S/c1-27(24,25)14-2-3-17-16(6-14)22-18-11-26-10-13(23(17)18)8-21-7-12-4-5-20-9-15(12)19/h2-6,9,13,21H,7-8,10-11H2,1H3/t13-/m0/s1. The summed E-state index contributed by atoms with van der Waals surface area (Å²) in [5, 5.41) is 3.25. The zero-order chi connectivity index (χ0) is 19.0. The minimum Gasteiger partial charge on any atom is -0.371 e. The van der Waals surface area contributed by atoms with Gasteiger partial charge in [-0.3, -0.25) is 4.98 Å². The Morgan fingerprint density at radius 1 is 1.37 bits per heavy atom. The van der Waals surface area contributed by atoms with Gasteiger partial charge in [-0.05, 0) is 24.3 Å². The van der Waals surface area contributed by atoms with E-state index in [2.05, 4.69) is 19.9 Å².